The van der Waals surface area contributed by atoms with Crippen LogP contribution in [0.2, 0.25) is 0 Å². The lowest BCUT2D eigenvalue weighted by Gasteiger charge is -2.22. The molecule has 1 fully saturated rings. The van der Waals surface area contributed by atoms with Crippen molar-refractivity contribution in [2.45, 2.75) is 25.6 Å². The highest BCUT2D eigenvalue weighted by molar-refractivity contribution is 7.99. The average molecular weight is 377 g/mol. The van der Waals surface area contributed by atoms with Gasteiger partial charge in [-0.05, 0) is 24.7 Å². The number of amides is 1. The van der Waals surface area contributed by atoms with Crippen molar-refractivity contribution < 1.29 is 4.79 Å². The van der Waals surface area contributed by atoms with Crippen LogP contribution in [0, 0.1) is 0 Å². The van der Waals surface area contributed by atoms with Gasteiger partial charge in [-0.1, -0.05) is 12.1 Å². The first-order valence-corrected chi connectivity index (χ1v) is 10.5. The Kier molecular flexibility index (Phi) is 6.86. The fraction of sp³-hybridized carbons (Fsp3) is 0.444. The summed E-state index contributed by atoms with van der Waals surface area (Å²) < 4.78 is 0. The van der Waals surface area contributed by atoms with Crippen molar-refractivity contribution in [1.29, 1.82) is 0 Å². The number of nitrogens with zero attached hydrogens (tertiary/aromatic N) is 2. The van der Waals surface area contributed by atoms with Gasteiger partial charge >= 0.3 is 0 Å². The Morgan fingerprint density at radius 1 is 1.44 bits per heavy atom. The second kappa shape index (κ2) is 9.33. The minimum Gasteiger partial charge on any atom is -0.326 e. The lowest BCUT2D eigenvalue weighted by molar-refractivity contribution is -0.116. The van der Waals surface area contributed by atoms with Crippen molar-refractivity contribution in [2.75, 3.05) is 30.4 Å². The molecule has 134 valence electrons. The normalized spacial score (nSPS) is 17.6. The highest BCUT2D eigenvalue weighted by Gasteiger charge is 2.16. The van der Waals surface area contributed by atoms with E-state index in [9.17, 15) is 4.79 Å². The van der Waals surface area contributed by atoms with E-state index in [0.29, 0.717) is 6.42 Å². The number of anilines is 1. The Hall–Kier alpha value is -1.41. The molecule has 1 aliphatic rings. The summed E-state index contributed by atoms with van der Waals surface area (Å²) >= 11 is 3.53. The zero-order valence-electron chi connectivity index (χ0n) is 14.4. The molecule has 1 aromatic heterocycles. The van der Waals surface area contributed by atoms with E-state index in [1.54, 1.807) is 11.3 Å². The minimum absolute atomic E-state index is 0.0768. The molecule has 25 heavy (non-hydrogen) atoms. The number of aromatic nitrogens is 1. The lowest BCUT2D eigenvalue weighted by Crippen LogP contribution is -2.39. The molecule has 2 aromatic rings. The molecule has 0 saturated carbocycles. The van der Waals surface area contributed by atoms with Gasteiger partial charge in [-0.15, -0.1) is 11.3 Å². The summed E-state index contributed by atoms with van der Waals surface area (Å²) in [5.74, 6) is 2.22. The molecule has 2 N–H and O–H groups in total. The summed E-state index contributed by atoms with van der Waals surface area (Å²) in [6, 6.07) is 8.37. The first-order valence-electron chi connectivity index (χ1n) is 8.44. The molecule has 1 saturated heterocycles. The second-order valence-corrected chi connectivity index (χ2v) is 8.20. The third-order valence-electron chi connectivity index (χ3n) is 4.01. The van der Waals surface area contributed by atoms with Gasteiger partial charge in [0.05, 0.1) is 11.2 Å². The number of carbonyl (C=O) groups is 1. The molecule has 3 rings (SSSR count). The maximum Gasteiger partial charge on any atom is 0.225 e. The Morgan fingerprint density at radius 2 is 2.36 bits per heavy atom. The summed E-state index contributed by atoms with van der Waals surface area (Å²) in [5, 5.41) is 8.51. The van der Waals surface area contributed by atoms with Gasteiger partial charge in [-0.2, -0.15) is 11.8 Å². The molecule has 1 aliphatic heterocycles. The van der Waals surface area contributed by atoms with E-state index in [0.717, 1.165) is 42.5 Å². The van der Waals surface area contributed by atoms with E-state index in [1.807, 2.05) is 29.4 Å². The SMILES string of the molecule is CN(Cc1cccc(NC(=O)CC2CSCCN2)c1)Cc1cscn1. The maximum absolute atomic E-state index is 12.2. The highest BCUT2D eigenvalue weighted by atomic mass is 32.2. The van der Waals surface area contributed by atoms with Crippen LogP contribution in [0.4, 0.5) is 5.69 Å². The summed E-state index contributed by atoms with van der Waals surface area (Å²) in [5.41, 5.74) is 5.00. The van der Waals surface area contributed by atoms with Crippen molar-refractivity contribution in [3.8, 4) is 0 Å². The number of carbonyl (C=O) groups excluding carboxylic acids is 1. The van der Waals surface area contributed by atoms with E-state index in [4.69, 9.17) is 0 Å². The molecule has 1 unspecified atom stereocenters. The monoisotopic (exact) mass is 376 g/mol. The topological polar surface area (TPSA) is 57.3 Å². The molecule has 1 atom stereocenters. The van der Waals surface area contributed by atoms with Crippen molar-refractivity contribution in [3.63, 3.8) is 0 Å². The van der Waals surface area contributed by atoms with Crippen LogP contribution in [-0.2, 0) is 17.9 Å². The van der Waals surface area contributed by atoms with E-state index >= 15 is 0 Å². The van der Waals surface area contributed by atoms with Gasteiger partial charge in [0.15, 0.2) is 0 Å². The summed E-state index contributed by atoms with van der Waals surface area (Å²) in [7, 11) is 2.08. The van der Waals surface area contributed by atoms with Crippen LogP contribution in [0.15, 0.2) is 35.2 Å². The smallest absolute Gasteiger partial charge is 0.225 e. The predicted octanol–water partition coefficient (Wildman–Crippen LogP) is 2.81. The summed E-state index contributed by atoms with van der Waals surface area (Å²) in [6.07, 6.45) is 0.529. The molecule has 0 spiro atoms. The van der Waals surface area contributed by atoms with Crippen LogP contribution < -0.4 is 10.6 Å². The van der Waals surface area contributed by atoms with Gasteiger partial charge in [0, 0.05) is 54.7 Å². The molecule has 1 aromatic carbocycles. The molecular weight excluding hydrogens is 352 g/mol. The van der Waals surface area contributed by atoms with Crippen LogP contribution in [0.25, 0.3) is 0 Å². The maximum atomic E-state index is 12.2. The lowest BCUT2D eigenvalue weighted by atomic mass is 10.1. The number of thioether (sulfide) groups is 1. The minimum atomic E-state index is 0.0768. The van der Waals surface area contributed by atoms with Gasteiger partial charge in [0.2, 0.25) is 5.91 Å². The molecule has 7 heteroatoms. The first kappa shape index (κ1) is 18.4. The molecule has 1 amide bonds. The zero-order chi connectivity index (χ0) is 17.5. The Labute approximate surface area is 157 Å². The van der Waals surface area contributed by atoms with Gasteiger partial charge in [-0.25, -0.2) is 4.98 Å². The Bertz CT molecular complexity index is 671. The number of benzene rings is 1. The number of rotatable bonds is 7. The van der Waals surface area contributed by atoms with Crippen LogP contribution in [0.5, 0.6) is 0 Å². The average Bonchev–Trinajstić information content (AvgIpc) is 3.08. The number of nitrogens with one attached hydrogen (secondary N) is 2. The van der Waals surface area contributed by atoms with Crippen molar-refractivity contribution in [2.24, 2.45) is 0 Å². The standard InChI is InChI=1S/C18H24N4OS2/c1-22(10-17-12-25-13-20-17)9-14-3-2-4-15(7-14)21-18(23)8-16-11-24-6-5-19-16/h2-4,7,12-13,16,19H,5-6,8-11H2,1H3,(H,21,23). The quantitative estimate of drug-likeness (QED) is 0.778. The third-order valence-corrected chi connectivity index (χ3v) is 5.78. The summed E-state index contributed by atoms with van der Waals surface area (Å²) in [4.78, 5) is 18.8. The van der Waals surface area contributed by atoms with E-state index in [2.05, 4.69) is 45.1 Å². The van der Waals surface area contributed by atoms with Gasteiger partial charge < -0.3 is 10.6 Å². The van der Waals surface area contributed by atoms with Gasteiger partial charge in [-0.3, -0.25) is 9.69 Å². The van der Waals surface area contributed by atoms with Crippen molar-refractivity contribution in [3.05, 3.63) is 46.4 Å². The molecular formula is C18H24N4OS2. The van der Waals surface area contributed by atoms with Gasteiger partial charge in [0.1, 0.15) is 0 Å². The van der Waals surface area contributed by atoms with Crippen LogP contribution in [-0.4, -0.2) is 46.9 Å². The predicted molar refractivity (Wildman–Crippen MR) is 106 cm³/mol. The fourth-order valence-electron chi connectivity index (χ4n) is 2.89. The fourth-order valence-corrected chi connectivity index (χ4v) is 4.39. The second-order valence-electron chi connectivity index (χ2n) is 6.33. The number of thiazole rings is 1. The van der Waals surface area contributed by atoms with E-state index < -0.39 is 0 Å². The summed E-state index contributed by atoms with van der Waals surface area (Å²) in [6.45, 7) is 2.64. The van der Waals surface area contributed by atoms with Gasteiger partial charge in [0.25, 0.3) is 0 Å². The molecule has 5 nitrogen and oxygen atoms in total. The van der Waals surface area contributed by atoms with Crippen LogP contribution in [0.1, 0.15) is 17.7 Å². The van der Waals surface area contributed by atoms with Crippen molar-refractivity contribution in [1.82, 2.24) is 15.2 Å². The van der Waals surface area contributed by atoms with E-state index in [-0.39, 0.29) is 11.9 Å². The Balaban J connectivity index is 1.51. The third kappa shape index (κ3) is 6.11. The number of hydrogen-bond donors (Lipinski definition) is 2. The first-order chi connectivity index (χ1) is 12.2. The van der Waals surface area contributed by atoms with Crippen molar-refractivity contribution >= 4 is 34.7 Å². The largest absolute Gasteiger partial charge is 0.326 e. The number of hydrogen-bond acceptors (Lipinski definition) is 6. The Morgan fingerprint density at radius 3 is 3.12 bits per heavy atom. The van der Waals surface area contributed by atoms with Crippen LogP contribution in [0.3, 0.4) is 0 Å². The van der Waals surface area contributed by atoms with Crippen LogP contribution >= 0.6 is 23.1 Å². The molecule has 0 bridgehead atoms. The van der Waals surface area contributed by atoms with E-state index in [1.165, 1.54) is 5.56 Å². The zero-order valence-corrected chi connectivity index (χ0v) is 16.0. The molecule has 0 aliphatic carbocycles. The molecule has 0 radical (unpaired) electrons. The highest BCUT2D eigenvalue weighted by Crippen LogP contribution is 2.15. The molecule has 2 heterocycles.